The quantitative estimate of drug-likeness (QED) is 0.350. The van der Waals surface area contributed by atoms with Crippen molar-refractivity contribution in [2.24, 2.45) is 0 Å². The Morgan fingerprint density at radius 1 is 1.06 bits per heavy atom. The third kappa shape index (κ3) is 5.38. The number of nitrogens with one attached hydrogen (secondary N) is 1. The summed E-state index contributed by atoms with van der Waals surface area (Å²) in [6, 6.07) is 18.0. The van der Waals surface area contributed by atoms with Crippen molar-refractivity contribution in [1.82, 2.24) is 9.80 Å². The number of anilines is 1. The van der Waals surface area contributed by atoms with Crippen LogP contribution in [0.5, 0.6) is 5.75 Å². The normalized spacial score (nSPS) is 14.4. The van der Waals surface area contributed by atoms with Gasteiger partial charge in [-0.15, -0.1) is 12.4 Å². The van der Waals surface area contributed by atoms with E-state index in [1.54, 1.807) is 18.4 Å². The highest BCUT2D eigenvalue weighted by atomic mass is 35.5. The maximum absolute atomic E-state index is 12.8. The highest BCUT2D eigenvalue weighted by Gasteiger charge is 2.21. The molecule has 1 N–H and O–H groups in total. The molecule has 0 unspecified atom stereocenters. The molecule has 0 bridgehead atoms. The topological polar surface area (TPSA) is 58.0 Å². The monoisotopic (exact) mass is 497 g/mol. The number of rotatable bonds is 5. The van der Waals surface area contributed by atoms with Gasteiger partial charge >= 0.3 is 6.03 Å². The van der Waals surface area contributed by atoms with E-state index in [1.165, 1.54) is 11.1 Å². The van der Waals surface area contributed by atoms with Crippen molar-refractivity contribution in [3.05, 3.63) is 71.1 Å². The summed E-state index contributed by atoms with van der Waals surface area (Å²) >= 11 is 1.71. The molecule has 34 heavy (non-hydrogen) atoms. The molecule has 2 amide bonds. The summed E-state index contributed by atoms with van der Waals surface area (Å²) in [5.41, 5.74) is 4.05. The second-order valence-corrected chi connectivity index (χ2v) is 9.00. The van der Waals surface area contributed by atoms with Gasteiger partial charge in [-0.3, -0.25) is 4.90 Å². The van der Waals surface area contributed by atoms with E-state index in [1.807, 2.05) is 29.2 Å². The van der Waals surface area contributed by atoms with E-state index in [0.717, 1.165) is 49.3 Å². The number of furan rings is 1. The first-order valence-electron chi connectivity index (χ1n) is 11.2. The van der Waals surface area contributed by atoms with Crippen molar-refractivity contribution < 1.29 is 13.9 Å². The van der Waals surface area contributed by atoms with E-state index < -0.39 is 0 Å². The largest absolute Gasteiger partial charge is 0.495 e. The number of urea groups is 1. The molecule has 0 radical (unpaired) electrons. The molecule has 1 saturated heterocycles. The lowest BCUT2D eigenvalue weighted by Crippen LogP contribution is -2.38. The van der Waals surface area contributed by atoms with Crippen molar-refractivity contribution >= 4 is 46.4 Å². The highest BCUT2D eigenvalue weighted by Crippen LogP contribution is 2.29. The Balaban J connectivity index is 0.00000274. The summed E-state index contributed by atoms with van der Waals surface area (Å²) in [6.45, 7) is 3.86. The van der Waals surface area contributed by atoms with Crippen LogP contribution in [-0.2, 0) is 6.54 Å². The molecule has 0 aliphatic carbocycles. The minimum Gasteiger partial charge on any atom is -0.495 e. The number of hydrogen-bond acceptors (Lipinski definition) is 5. The molecule has 8 heteroatoms. The molecular formula is C26H28ClN3O3S. The Hall–Kier alpha value is -3.00. The van der Waals surface area contributed by atoms with E-state index in [2.05, 4.69) is 51.3 Å². The number of methoxy groups -OCH3 is 1. The molecule has 4 aromatic rings. The van der Waals surface area contributed by atoms with Gasteiger partial charge in [0, 0.05) is 31.6 Å². The number of carbonyl (C=O) groups excluding carboxylic acids is 1. The predicted molar refractivity (Wildman–Crippen MR) is 140 cm³/mol. The lowest BCUT2D eigenvalue weighted by molar-refractivity contribution is 0.209. The van der Waals surface area contributed by atoms with Crippen LogP contribution < -0.4 is 10.1 Å². The summed E-state index contributed by atoms with van der Waals surface area (Å²) in [6.07, 6.45) is 0.919. The van der Waals surface area contributed by atoms with Crippen molar-refractivity contribution in [2.45, 2.75) is 13.0 Å². The number of thiophene rings is 1. The van der Waals surface area contributed by atoms with Gasteiger partial charge in [0.2, 0.25) is 0 Å². The highest BCUT2D eigenvalue weighted by molar-refractivity contribution is 7.08. The van der Waals surface area contributed by atoms with Gasteiger partial charge in [-0.2, -0.15) is 11.3 Å². The Kier molecular flexibility index (Phi) is 7.77. The zero-order valence-corrected chi connectivity index (χ0v) is 20.7. The van der Waals surface area contributed by atoms with Crippen LogP contribution in [-0.4, -0.2) is 49.1 Å². The number of ether oxygens (including phenoxy) is 1. The standard InChI is InChI=1S/C26H27N3O3S.ClH/c1-31-25-6-3-2-5-23(25)27-26(30)29-11-4-10-28(12-13-29)17-22-16-21-15-19(7-8-24(21)32-22)20-9-14-33-18-20;/h2-3,5-9,14-16,18H,4,10-13,17H2,1H3,(H,27,30);1H. The first kappa shape index (κ1) is 24.1. The van der Waals surface area contributed by atoms with Crippen molar-refractivity contribution in [2.75, 3.05) is 38.6 Å². The fourth-order valence-electron chi connectivity index (χ4n) is 4.28. The number of hydrogen-bond donors (Lipinski definition) is 1. The van der Waals surface area contributed by atoms with Gasteiger partial charge in [0.1, 0.15) is 17.1 Å². The minimum atomic E-state index is -0.0916. The van der Waals surface area contributed by atoms with E-state index >= 15 is 0 Å². The predicted octanol–water partition coefficient (Wildman–Crippen LogP) is 6.33. The lowest BCUT2D eigenvalue weighted by atomic mass is 10.1. The van der Waals surface area contributed by atoms with Crippen LogP contribution in [0.2, 0.25) is 0 Å². The van der Waals surface area contributed by atoms with Crippen molar-refractivity contribution in [3.63, 3.8) is 0 Å². The molecule has 2 aromatic carbocycles. The van der Waals surface area contributed by atoms with Gasteiger partial charge in [-0.05, 0) is 64.7 Å². The molecule has 0 atom stereocenters. The Bertz CT molecular complexity index is 1240. The second-order valence-electron chi connectivity index (χ2n) is 8.22. The van der Waals surface area contributed by atoms with Crippen LogP contribution in [0, 0.1) is 0 Å². The molecule has 1 aliphatic rings. The van der Waals surface area contributed by atoms with Crippen molar-refractivity contribution in [1.29, 1.82) is 0 Å². The van der Waals surface area contributed by atoms with E-state index in [9.17, 15) is 4.79 Å². The molecule has 0 saturated carbocycles. The van der Waals surface area contributed by atoms with Crippen molar-refractivity contribution in [3.8, 4) is 16.9 Å². The summed E-state index contributed by atoms with van der Waals surface area (Å²) in [7, 11) is 1.61. The first-order valence-corrected chi connectivity index (χ1v) is 12.1. The number of amides is 2. The number of fused-ring (bicyclic) bond motifs is 1. The summed E-state index contributed by atoms with van der Waals surface area (Å²) in [5.74, 6) is 1.62. The zero-order valence-electron chi connectivity index (χ0n) is 19.0. The third-order valence-corrected chi connectivity index (χ3v) is 6.71. The smallest absolute Gasteiger partial charge is 0.321 e. The number of carbonyl (C=O) groups is 1. The van der Waals surface area contributed by atoms with E-state index in [-0.39, 0.29) is 18.4 Å². The maximum atomic E-state index is 12.8. The minimum absolute atomic E-state index is 0. The maximum Gasteiger partial charge on any atom is 0.321 e. The Labute approximate surface area is 209 Å². The van der Waals surface area contributed by atoms with Crippen LogP contribution in [0.25, 0.3) is 22.1 Å². The van der Waals surface area contributed by atoms with Gasteiger partial charge in [-0.1, -0.05) is 18.2 Å². The van der Waals surface area contributed by atoms with E-state index in [4.69, 9.17) is 9.15 Å². The van der Waals surface area contributed by atoms with Gasteiger partial charge < -0.3 is 19.4 Å². The summed E-state index contributed by atoms with van der Waals surface area (Å²) < 4.78 is 11.5. The lowest BCUT2D eigenvalue weighted by Gasteiger charge is -2.22. The Morgan fingerprint density at radius 3 is 2.76 bits per heavy atom. The van der Waals surface area contributed by atoms with Crippen LogP contribution in [0.4, 0.5) is 10.5 Å². The molecule has 178 valence electrons. The molecule has 0 spiro atoms. The summed E-state index contributed by atoms with van der Waals surface area (Å²) in [5, 5.41) is 8.37. The molecule has 1 fully saturated rings. The third-order valence-electron chi connectivity index (χ3n) is 6.03. The van der Waals surface area contributed by atoms with E-state index in [0.29, 0.717) is 18.0 Å². The number of halogens is 1. The summed E-state index contributed by atoms with van der Waals surface area (Å²) in [4.78, 5) is 17.1. The average Bonchev–Trinajstić information content (AvgIpc) is 3.44. The Morgan fingerprint density at radius 2 is 1.94 bits per heavy atom. The van der Waals surface area contributed by atoms with Gasteiger partial charge in [-0.25, -0.2) is 4.79 Å². The van der Waals surface area contributed by atoms with Gasteiger partial charge in [0.15, 0.2) is 0 Å². The van der Waals surface area contributed by atoms with Crippen LogP contribution in [0.1, 0.15) is 12.2 Å². The van der Waals surface area contributed by atoms with Gasteiger partial charge in [0.05, 0.1) is 19.3 Å². The number of nitrogens with zero attached hydrogens (tertiary/aromatic N) is 2. The van der Waals surface area contributed by atoms with Crippen LogP contribution in [0.3, 0.4) is 0 Å². The number of para-hydroxylation sites is 2. The fourth-order valence-corrected chi connectivity index (χ4v) is 4.94. The zero-order chi connectivity index (χ0) is 22.6. The van der Waals surface area contributed by atoms with Crippen LogP contribution >= 0.6 is 23.7 Å². The van der Waals surface area contributed by atoms with Crippen LogP contribution in [0.15, 0.2) is 69.8 Å². The SMILES string of the molecule is COc1ccccc1NC(=O)N1CCCN(Cc2cc3cc(-c4ccsc4)ccc3o2)CC1.Cl. The molecular weight excluding hydrogens is 470 g/mol. The fraction of sp³-hybridized carbons (Fsp3) is 0.269. The first-order chi connectivity index (χ1) is 16.2. The molecule has 2 aromatic heterocycles. The average molecular weight is 498 g/mol. The van der Waals surface area contributed by atoms with Gasteiger partial charge in [0.25, 0.3) is 0 Å². The number of benzene rings is 2. The molecule has 6 nitrogen and oxygen atoms in total. The second kappa shape index (κ2) is 11.0. The molecule has 1 aliphatic heterocycles. The molecule has 5 rings (SSSR count). The molecule has 3 heterocycles.